The van der Waals surface area contributed by atoms with E-state index in [-0.39, 0.29) is 12.3 Å². The van der Waals surface area contributed by atoms with Crippen molar-refractivity contribution in [1.82, 2.24) is 19.9 Å². The quantitative estimate of drug-likeness (QED) is 0.802. The maximum Gasteiger partial charge on any atom is 0.303 e. The van der Waals surface area contributed by atoms with Gasteiger partial charge >= 0.3 is 5.97 Å². The van der Waals surface area contributed by atoms with E-state index in [0.29, 0.717) is 12.1 Å². The Morgan fingerprint density at radius 2 is 2.44 bits per heavy atom. The molecular formula is C10H12N4O2. The van der Waals surface area contributed by atoms with Crippen LogP contribution in [0.4, 0.5) is 0 Å². The lowest BCUT2D eigenvalue weighted by Gasteiger charge is -2.04. The molecule has 2 aromatic heterocycles. The van der Waals surface area contributed by atoms with Gasteiger partial charge in [0.1, 0.15) is 17.7 Å². The average molecular weight is 220 g/mol. The lowest BCUT2D eigenvalue weighted by Crippen LogP contribution is -2.07. The first-order valence-electron chi connectivity index (χ1n) is 5.01. The van der Waals surface area contributed by atoms with Gasteiger partial charge in [-0.3, -0.25) is 4.79 Å². The molecule has 0 aliphatic heterocycles. The van der Waals surface area contributed by atoms with Crippen molar-refractivity contribution < 1.29 is 9.90 Å². The molecule has 2 N–H and O–H groups in total. The number of aromatic nitrogens is 4. The number of carbonyl (C=O) groups is 1. The molecule has 84 valence electrons. The van der Waals surface area contributed by atoms with Crippen LogP contribution in [0.3, 0.4) is 0 Å². The van der Waals surface area contributed by atoms with Crippen LogP contribution in [0.15, 0.2) is 12.5 Å². The molecule has 16 heavy (non-hydrogen) atoms. The van der Waals surface area contributed by atoms with Crippen molar-refractivity contribution in [2.24, 2.45) is 5.92 Å². The first-order chi connectivity index (χ1) is 7.65. The smallest absolute Gasteiger partial charge is 0.303 e. The fraction of sp³-hybridized carbons (Fsp3) is 0.400. The van der Waals surface area contributed by atoms with Crippen molar-refractivity contribution in [3.63, 3.8) is 0 Å². The van der Waals surface area contributed by atoms with E-state index in [9.17, 15) is 4.79 Å². The number of imidazole rings is 1. The molecule has 0 amide bonds. The van der Waals surface area contributed by atoms with Crippen LogP contribution in [-0.4, -0.2) is 31.0 Å². The van der Waals surface area contributed by atoms with Crippen LogP contribution in [0.1, 0.15) is 19.2 Å². The number of fused-ring (bicyclic) bond motifs is 1. The van der Waals surface area contributed by atoms with Gasteiger partial charge in [-0.25, -0.2) is 15.0 Å². The van der Waals surface area contributed by atoms with E-state index < -0.39 is 5.97 Å². The van der Waals surface area contributed by atoms with Gasteiger partial charge in [0.2, 0.25) is 0 Å². The molecule has 0 spiro atoms. The zero-order chi connectivity index (χ0) is 11.5. The molecule has 1 atom stereocenters. The highest BCUT2D eigenvalue weighted by molar-refractivity contribution is 5.69. The molecule has 2 heterocycles. The maximum absolute atomic E-state index is 10.5. The van der Waals surface area contributed by atoms with Gasteiger partial charge in [0.25, 0.3) is 0 Å². The Labute approximate surface area is 91.8 Å². The van der Waals surface area contributed by atoms with Crippen LogP contribution in [0, 0.1) is 5.92 Å². The summed E-state index contributed by atoms with van der Waals surface area (Å²) in [6.45, 7) is 1.88. The van der Waals surface area contributed by atoms with Crippen molar-refractivity contribution in [3.05, 3.63) is 18.3 Å². The average Bonchev–Trinajstić information content (AvgIpc) is 2.57. The lowest BCUT2D eigenvalue weighted by molar-refractivity contribution is -0.137. The van der Waals surface area contributed by atoms with Crippen LogP contribution in [0.25, 0.3) is 11.2 Å². The molecule has 0 bridgehead atoms. The zero-order valence-electron chi connectivity index (χ0n) is 8.84. The number of hydrogen-bond donors (Lipinski definition) is 2. The molecular weight excluding hydrogens is 208 g/mol. The molecule has 2 aromatic rings. The van der Waals surface area contributed by atoms with Gasteiger partial charge in [-0.15, -0.1) is 0 Å². The largest absolute Gasteiger partial charge is 0.481 e. The zero-order valence-corrected chi connectivity index (χ0v) is 8.84. The second-order valence-corrected chi connectivity index (χ2v) is 3.85. The summed E-state index contributed by atoms with van der Waals surface area (Å²) in [4.78, 5) is 25.7. The highest BCUT2D eigenvalue weighted by Gasteiger charge is 2.11. The Bertz CT molecular complexity index is 475. The third-order valence-corrected chi connectivity index (χ3v) is 2.28. The van der Waals surface area contributed by atoms with Crippen LogP contribution in [0.5, 0.6) is 0 Å². The first kappa shape index (κ1) is 10.5. The number of rotatable bonds is 4. The predicted molar refractivity (Wildman–Crippen MR) is 56.8 cm³/mol. The first-order valence-corrected chi connectivity index (χ1v) is 5.01. The lowest BCUT2D eigenvalue weighted by atomic mass is 10.0. The molecule has 0 saturated carbocycles. The normalized spacial score (nSPS) is 12.8. The number of hydrogen-bond acceptors (Lipinski definition) is 4. The molecule has 0 aliphatic rings. The SMILES string of the molecule is CC(CC(=O)O)Cc1nc2ncncc2[nH]1. The summed E-state index contributed by atoms with van der Waals surface area (Å²) in [6.07, 6.45) is 3.83. The molecule has 0 radical (unpaired) electrons. The van der Waals surface area contributed by atoms with Crippen LogP contribution in [0.2, 0.25) is 0 Å². The minimum absolute atomic E-state index is 0.0472. The molecule has 0 aromatic carbocycles. The standard InChI is InChI=1S/C10H12N4O2/c1-6(3-9(15)16)2-8-13-7-4-11-5-12-10(7)14-8/h4-6H,2-3H2,1H3,(H,15,16)(H,11,12,13,14). The Hall–Kier alpha value is -1.98. The number of aromatic amines is 1. The molecule has 0 saturated heterocycles. The van der Waals surface area contributed by atoms with E-state index in [1.807, 2.05) is 6.92 Å². The summed E-state index contributed by atoms with van der Waals surface area (Å²) in [5.41, 5.74) is 1.40. The Balaban J connectivity index is 2.12. The highest BCUT2D eigenvalue weighted by atomic mass is 16.4. The minimum Gasteiger partial charge on any atom is -0.481 e. The van der Waals surface area contributed by atoms with E-state index in [2.05, 4.69) is 19.9 Å². The molecule has 0 fully saturated rings. The monoisotopic (exact) mass is 220 g/mol. The maximum atomic E-state index is 10.5. The summed E-state index contributed by atoms with van der Waals surface area (Å²) in [6, 6.07) is 0. The second-order valence-electron chi connectivity index (χ2n) is 3.85. The number of nitrogens with zero attached hydrogens (tertiary/aromatic N) is 3. The van der Waals surface area contributed by atoms with Crippen molar-refractivity contribution >= 4 is 17.1 Å². The van der Waals surface area contributed by atoms with E-state index >= 15 is 0 Å². The topological polar surface area (TPSA) is 91.8 Å². The molecule has 2 rings (SSSR count). The number of carboxylic acids is 1. The van der Waals surface area contributed by atoms with E-state index in [0.717, 1.165) is 11.3 Å². The van der Waals surface area contributed by atoms with Gasteiger partial charge in [-0.05, 0) is 5.92 Å². The van der Waals surface area contributed by atoms with Gasteiger partial charge in [0.05, 0.1) is 6.20 Å². The second kappa shape index (κ2) is 4.26. The van der Waals surface area contributed by atoms with E-state index in [1.165, 1.54) is 6.33 Å². The van der Waals surface area contributed by atoms with Crippen molar-refractivity contribution in [3.8, 4) is 0 Å². The fourth-order valence-electron chi connectivity index (χ4n) is 1.61. The third kappa shape index (κ3) is 2.33. The molecule has 6 heteroatoms. The molecule has 6 nitrogen and oxygen atoms in total. The molecule has 0 aliphatic carbocycles. The third-order valence-electron chi connectivity index (χ3n) is 2.28. The summed E-state index contributed by atoms with van der Waals surface area (Å²) < 4.78 is 0. The Morgan fingerprint density at radius 3 is 3.12 bits per heavy atom. The number of H-pyrrole nitrogens is 1. The Kier molecular flexibility index (Phi) is 2.80. The number of carboxylic acid groups (broad SMARTS) is 1. The van der Waals surface area contributed by atoms with Crippen molar-refractivity contribution in [1.29, 1.82) is 0 Å². The predicted octanol–water partition coefficient (Wildman–Crippen LogP) is 1.01. The van der Waals surface area contributed by atoms with Gasteiger partial charge < -0.3 is 10.1 Å². The van der Waals surface area contributed by atoms with Gasteiger partial charge in [0, 0.05) is 12.8 Å². The van der Waals surface area contributed by atoms with Crippen LogP contribution < -0.4 is 0 Å². The highest BCUT2D eigenvalue weighted by Crippen LogP contribution is 2.12. The van der Waals surface area contributed by atoms with E-state index in [1.54, 1.807) is 6.20 Å². The van der Waals surface area contributed by atoms with Gasteiger partial charge in [0.15, 0.2) is 5.65 Å². The summed E-state index contributed by atoms with van der Waals surface area (Å²) >= 11 is 0. The Morgan fingerprint density at radius 1 is 1.62 bits per heavy atom. The van der Waals surface area contributed by atoms with E-state index in [4.69, 9.17) is 5.11 Å². The van der Waals surface area contributed by atoms with Gasteiger partial charge in [-0.2, -0.15) is 0 Å². The summed E-state index contributed by atoms with van der Waals surface area (Å²) in [5.74, 6) is 0.0127. The number of aliphatic carboxylic acids is 1. The van der Waals surface area contributed by atoms with Crippen LogP contribution >= 0.6 is 0 Å². The van der Waals surface area contributed by atoms with Gasteiger partial charge in [-0.1, -0.05) is 6.92 Å². The fourth-order valence-corrected chi connectivity index (χ4v) is 1.61. The van der Waals surface area contributed by atoms with Crippen molar-refractivity contribution in [2.75, 3.05) is 0 Å². The van der Waals surface area contributed by atoms with Crippen molar-refractivity contribution in [2.45, 2.75) is 19.8 Å². The number of nitrogens with one attached hydrogen (secondary N) is 1. The van der Waals surface area contributed by atoms with Crippen LogP contribution in [-0.2, 0) is 11.2 Å². The minimum atomic E-state index is -0.789. The summed E-state index contributed by atoms with van der Waals surface area (Å²) in [5, 5.41) is 8.65. The summed E-state index contributed by atoms with van der Waals surface area (Å²) in [7, 11) is 0. The molecule has 1 unspecified atom stereocenters.